The molecule has 2 rings (SSSR count). The highest BCUT2D eigenvalue weighted by Gasteiger charge is 2.21. The largest absolute Gasteiger partial charge is 0.389 e. The third-order valence-corrected chi connectivity index (χ3v) is 3.20. The van der Waals surface area contributed by atoms with Crippen LogP contribution in [0.1, 0.15) is 17.4 Å². The summed E-state index contributed by atoms with van der Waals surface area (Å²) in [5.41, 5.74) is 2.24. The number of benzene rings is 1. The maximum absolute atomic E-state index is 9.98. The molecule has 4 nitrogen and oxygen atoms in total. The lowest BCUT2D eigenvalue weighted by Gasteiger charge is -2.14. The summed E-state index contributed by atoms with van der Waals surface area (Å²) in [7, 11) is 0. The van der Waals surface area contributed by atoms with Crippen molar-refractivity contribution in [2.24, 2.45) is 0 Å². The number of nitrogens with zero attached hydrogens (tertiary/aromatic N) is 2. The molecule has 1 heterocycles. The lowest BCUT2D eigenvalue weighted by atomic mass is 10.1. The van der Waals surface area contributed by atoms with E-state index in [1.807, 2.05) is 37.3 Å². The van der Waals surface area contributed by atoms with Crippen molar-refractivity contribution in [2.45, 2.75) is 19.1 Å². The van der Waals surface area contributed by atoms with Crippen molar-refractivity contribution >= 4 is 12.6 Å². The second-order valence-corrected chi connectivity index (χ2v) is 4.51. The van der Waals surface area contributed by atoms with Gasteiger partial charge in [0.05, 0.1) is 17.5 Å². The van der Waals surface area contributed by atoms with Crippen LogP contribution in [0.4, 0.5) is 0 Å². The molecule has 0 aliphatic carbocycles. The van der Waals surface area contributed by atoms with Gasteiger partial charge in [-0.25, -0.2) is 4.68 Å². The minimum Gasteiger partial charge on any atom is -0.389 e. The number of rotatable bonds is 4. The second-order valence-electron chi connectivity index (χ2n) is 4.14. The molecule has 18 heavy (non-hydrogen) atoms. The fourth-order valence-electron chi connectivity index (χ4n) is 1.78. The van der Waals surface area contributed by atoms with Crippen LogP contribution in [0.25, 0.3) is 5.69 Å². The van der Waals surface area contributed by atoms with Crippen LogP contribution in [0, 0.1) is 6.92 Å². The summed E-state index contributed by atoms with van der Waals surface area (Å²) in [5.74, 6) is 0.205. The summed E-state index contributed by atoms with van der Waals surface area (Å²) < 4.78 is 1.69. The minimum atomic E-state index is -0.958. The second kappa shape index (κ2) is 5.56. The van der Waals surface area contributed by atoms with Crippen LogP contribution in [0.3, 0.4) is 0 Å². The van der Waals surface area contributed by atoms with Gasteiger partial charge < -0.3 is 10.2 Å². The highest BCUT2D eigenvalue weighted by atomic mass is 32.1. The van der Waals surface area contributed by atoms with E-state index in [1.54, 1.807) is 10.9 Å². The summed E-state index contributed by atoms with van der Waals surface area (Å²) >= 11 is 3.98. The summed E-state index contributed by atoms with van der Waals surface area (Å²) in [4.78, 5) is 0. The van der Waals surface area contributed by atoms with E-state index in [0.29, 0.717) is 11.3 Å². The van der Waals surface area contributed by atoms with Crippen LogP contribution in [-0.2, 0) is 0 Å². The molecule has 0 saturated heterocycles. The van der Waals surface area contributed by atoms with Crippen molar-refractivity contribution in [3.63, 3.8) is 0 Å². The van der Waals surface area contributed by atoms with Crippen LogP contribution in [0.5, 0.6) is 0 Å². The van der Waals surface area contributed by atoms with Crippen molar-refractivity contribution in [1.29, 1.82) is 0 Å². The smallest absolute Gasteiger partial charge is 0.109 e. The maximum atomic E-state index is 9.98. The van der Waals surface area contributed by atoms with Gasteiger partial charge in [0, 0.05) is 17.5 Å². The first-order valence-corrected chi connectivity index (χ1v) is 6.35. The zero-order valence-corrected chi connectivity index (χ0v) is 11.0. The number of aliphatic hydroxyl groups excluding tert-OH is 2. The number of aliphatic hydroxyl groups is 2. The van der Waals surface area contributed by atoms with Crippen LogP contribution < -0.4 is 0 Å². The highest BCUT2D eigenvalue weighted by molar-refractivity contribution is 7.80. The first-order valence-electron chi connectivity index (χ1n) is 5.72. The third kappa shape index (κ3) is 2.58. The van der Waals surface area contributed by atoms with E-state index in [9.17, 15) is 10.2 Å². The van der Waals surface area contributed by atoms with E-state index in [4.69, 9.17) is 0 Å². The van der Waals surface area contributed by atoms with Gasteiger partial charge in [0.1, 0.15) is 6.10 Å². The van der Waals surface area contributed by atoms with Crippen molar-refractivity contribution in [3.05, 3.63) is 47.8 Å². The number of hydrogen-bond acceptors (Lipinski definition) is 4. The van der Waals surface area contributed by atoms with Crippen LogP contribution in [0.2, 0.25) is 0 Å². The molecule has 0 radical (unpaired) electrons. The SMILES string of the molecule is Cc1nn(-c2ccccc2)cc1C(O)C(O)CS. The lowest BCUT2D eigenvalue weighted by molar-refractivity contribution is 0.0333. The zero-order valence-electron chi connectivity index (χ0n) is 10.1. The van der Waals surface area contributed by atoms with Gasteiger partial charge in [-0.15, -0.1) is 0 Å². The molecule has 2 atom stereocenters. The number of hydrogen-bond donors (Lipinski definition) is 3. The molecule has 1 aromatic heterocycles. The minimum absolute atomic E-state index is 0.205. The summed E-state index contributed by atoms with van der Waals surface area (Å²) in [5, 5.41) is 23.9. The molecule has 2 N–H and O–H groups in total. The van der Waals surface area contributed by atoms with Gasteiger partial charge in [0.25, 0.3) is 0 Å². The first kappa shape index (κ1) is 13.1. The van der Waals surface area contributed by atoms with Gasteiger partial charge in [-0.2, -0.15) is 17.7 Å². The highest BCUT2D eigenvalue weighted by Crippen LogP contribution is 2.22. The molecule has 0 amide bonds. The quantitative estimate of drug-likeness (QED) is 0.734. The molecule has 0 aliphatic rings. The molecule has 96 valence electrons. The van der Waals surface area contributed by atoms with Crippen molar-refractivity contribution in [1.82, 2.24) is 9.78 Å². The molecular weight excluding hydrogens is 248 g/mol. The summed E-state index contributed by atoms with van der Waals surface area (Å²) in [6.07, 6.45) is -0.109. The van der Waals surface area contributed by atoms with Crippen molar-refractivity contribution < 1.29 is 10.2 Å². The van der Waals surface area contributed by atoms with Gasteiger partial charge in [-0.1, -0.05) is 18.2 Å². The molecule has 0 bridgehead atoms. The molecule has 2 unspecified atom stereocenters. The maximum Gasteiger partial charge on any atom is 0.109 e. The Morgan fingerprint density at radius 1 is 1.28 bits per heavy atom. The standard InChI is InChI=1S/C13H16N2O2S/c1-9-11(13(17)12(16)8-18)7-15(14-9)10-5-3-2-4-6-10/h2-7,12-13,16-18H,8H2,1H3. The summed E-state index contributed by atoms with van der Waals surface area (Å²) in [6.45, 7) is 1.81. The van der Waals surface area contributed by atoms with E-state index in [-0.39, 0.29) is 5.75 Å². The van der Waals surface area contributed by atoms with E-state index in [0.717, 1.165) is 5.69 Å². The Morgan fingerprint density at radius 3 is 2.56 bits per heavy atom. The fraction of sp³-hybridized carbons (Fsp3) is 0.308. The Kier molecular flexibility index (Phi) is 4.06. The fourth-order valence-corrected chi connectivity index (χ4v) is 1.98. The van der Waals surface area contributed by atoms with Gasteiger partial charge >= 0.3 is 0 Å². The Morgan fingerprint density at radius 2 is 1.94 bits per heavy atom. The molecule has 5 heteroatoms. The van der Waals surface area contributed by atoms with Crippen molar-refractivity contribution in [3.8, 4) is 5.69 Å². The molecule has 1 aromatic carbocycles. The van der Waals surface area contributed by atoms with Gasteiger partial charge in [-0.05, 0) is 19.1 Å². The molecule has 2 aromatic rings. The molecule has 0 saturated carbocycles. The van der Waals surface area contributed by atoms with Gasteiger partial charge in [-0.3, -0.25) is 0 Å². The Labute approximate surface area is 111 Å². The van der Waals surface area contributed by atoms with Crippen molar-refractivity contribution in [2.75, 3.05) is 5.75 Å². The van der Waals surface area contributed by atoms with Gasteiger partial charge in [0.15, 0.2) is 0 Å². The topological polar surface area (TPSA) is 58.3 Å². The normalized spacial score (nSPS) is 14.4. The summed E-state index contributed by atoms with van der Waals surface area (Å²) in [6, 6.07) is 9.63. The van der Waals surface area contributed by atoms with Crippen LogP contribution >= 0.6 is 12.6 Å². The number of thiol groups is 1. The molecule has 0 aliphatic heterocycles. The lowest BCUT2D eigenvalue weighted by Crippen LogP contribution is -2.20. The average Bonchev–Trinajstić information content (AvgIpc) is 2.80. The predicted molar refractivity (Wildman–Crippen MR) is 73.1 cm³/mol. The third-order valence-electron chi connectivity index (χ3n) is 2.83. The number of para-hydroxylation sites is 1. The number of aryl methyl sites for hydroxylation is 1. The van der Waals surface area contributed by atoms with Crippen LogP contribution in [-0.4, -0.2) is 31.9 Å². The zero-order chi connectivity index (χ0) is 13.1. The van der Waals surface area contributed by atoms with E-state index in [2.05, 4.69) is 17.7 Å². The molecular formula is C13H16N2O2S. The number of aromatic nitrogens is 2. The van der Waals surface area contributed by atoms with E-state index >= 15 is 0 Å². The molecule has 0 spiro atoms. The monoisotopic (exact) mass is 264 g/mol. The van der Waals surface area contributed by atoms with Gasteiger partial charge in [0.2, 0.25) is 0 Å². The average molecular weight is 264 g/mol. The molecule has 0 fully saturated rings. The van der Waals surface area contributed by atoms with E-state index < -0.39 is 12.2 Å². The van der Waals surface area contributed by atoms with E-state index in [1.165, 1.54) is 0 Å². The predicted octanol–water partition coefficient (Wildman–Crippen LogP) is 1.50. The Bertz CT molecular complexity index is 513. The van der Waals surface area contributed by atoms with Crippen LogP contribution in [0.15, 0.2) is 36.5 Å². The Balaban J connectivity index is 2.33. The first-order chi connectivity index (χ1) is 8.63. The Hall–Kier alpha value is -1.30.